The lowest BCUT2D eigenvalue weighted by atomic mass is 10.1. The molecule has 4 heteroatoms. The van der Waals surface area contributed by atoms with Gasteiger partial charge in [0.05, 0.1) is 19.1 Å². The Morgan fingerprint density at radius 2 is 2.32 bits per heavy atom. The average molecular weight is 262 g/mol. The molecule has 1 aromatic rings. The fraction of sp³-hybridized carbons (Fsp3) is 0.533. The Morgan fingerprint density at radius 1 is 1.47 bits per heavy atom. The van der Waals surface area contributed by atoms with Crippen molar-refractivity contribution in [2.45, 2.75) is 32.9 Å². The number of ether oxygens (including phenoxy) is 1. The van der Waals surface area contributed by atoms with E-state index < -0.39 is 0 Å². The van der Waals surface area contributed by atoms with E-state index in [-0.39, 0.29) is 12.0 Å². The predicted molar refractivity (Wildman–Crippen MR) is 75.0 cm³/mol. The van der Waals surface area contributed by atoms with Gasteiger partial charge in [0.25, 0.3) is 0 Å². The van der Waals surface area contributed by atoms with Gasteiger partial charge < -0.3 is 15.4 Å². The summed E-state index contributed by atoms with van der Waals surface area (Å²) in [7, 11) is 0. The van der Waals surface area contributed by atoms with E-state index in [1.165, 1.54) is 16.7 Å². The normalized spacial score (nSPS) is 19.2. The molecule has 104 valence electrons. The van der Waals surface area contributed by atoms with Crippen LogP contribution in [0.4, 0.5) is 0 Å². The van der Waals surface area contributed by atoms with Crippen molar-refractivity contribution in [3.8, 4) is 0 Å². The van der Waals surface area contributed by atoms with Gasteiger partial charge in [-0.25, -0.2) is 0 Å². The van der Waals surface area contributed by atoms with Crippen LogP contribution in [0.15, 0.2) is 18.2 Å². The van der Waals surface area contributed by atoms with E-state index in [4.69, 9.17) is 4.74 Å². The standard InChI is InChI=1S/C15H22N2O2/c1-11-3-4-12(2)13(7-11)9-17-15(18)8-14-10-16-5-6-19-14/h3-4,7,14,16H,5-6,8-10H2,1-2H3,(H,17,18). The summed E-state index contributed by atoms with van der Waals surface area (Å²) < 4.78 is 5.52. The zero-order valence-corrected chi connectivity index (χ0v) is 11.7. The Bertz CT molecular complexity index is 440. The van der Waals surface area contributed by atoms with Crippen LogP contribution < -0.4 is 10.6 Å². The van der Waals surface area contributed by atoms with Crippen molar-refractivity contribution in [2.75, 3.05) is 19.7 Å². The zero-order chi connectivity index (χ0) is 13.7. The number of carbonyl (C=O) groups excluding carboxylic acids is 1. The maximum Gasteiger partial charge on any atom is 0.222 e. The number of amides is 1. The summed E-state index contributed by atoms with van der Waals surface area (Å²) in [4.78, 5) is 11.9. The lowest BCUT2D eigenvalue weighted by Gasteiger charge is -2.23. The number of carbonyl (C=O) groups is 1. The molecular formula is C15H22N2O2. The van der Waals surface area contributed by atoms with Crippen molar-refractivity contribution < 1.29 is 9.53 Å². The highest BCUT2D eigenvalue weighted by molar-refractivity contribution is 5.76. The van der Waals surface area contributed by atoms with Gasteiger partial charge in [0.1, 0.15) is 0 Å². The highest BCUT2D eigenvalue weighted by atomic mass is 16.5. The summed E-state index contributed by atoms with van der Waals surface area (Å²) in [6, 6.07) is 6.29. The number of morpholine rings is 1. The quantitative estimate of drug-likeness (QED) is 0.860. The molecule has 2 rings (SSSR count). The third-order valence-electron chi connectivity index (χ3n) is 3.40. The summed E-state index contributed by atoms with van der Waals surface area (Å²) in [6.45, 7) is 7.04. The van der Waals surface area contributed by atoms with E-state index in [9.17, 15) is 4.79 Å². The number of nitrogens with one attached hydrogen (secondary N) is 2. The fourth-order valence-corrected chi connectivity index (χ4v) is 2.21. The van der Waals surface area contributed by atoms with Gasteiger partial charge in [0, 0.05) is 19.6 Å². The number of benzene rings is 1. The van der Waals surface area contributed by atoms with E-state index >= 15 is 0 Å². The Balaban J connectivity index is 1.81. The summed E-state index contributed by atoms with van der Waals surface area (Å²) >= 11 is 0. The van der Waals surface area contributed by atoms with Gasteiger partial charge in [-0.3, -0.25) is 4.79 Å². The Hall–Kier alpha value is -1.39. The lowest BCUT2D eigenvalue weighted by molar-refractivity contribution is -0.124. The van der Waals surface area contributed by atoms with Gasteiger partial charge in [0.2, 0.25) is 5.91 Å². The van der Waals surface area contributed by atoms with Gasteiger partial charge in [-0.2, -0.15) is 0 Å². The van der Waals surface area contributed by atoms with Crippen molar-refractivity contribution >= 4 is 5.91 Å². The molecule has 1 atom stereocenters. The second-order valence-corrected chi connectivity index (χ2v) is 5.11. The van der Waals surface area contributed by atoms with Gasteiger partial charge in [-0.15, -0.1) is 0 Å². The molecule has 0 bridgehead atoms. The van der Waals surface area contributed by atoms with Crippen LogP contribution >= 0.6 is 0 Å². The van der Waals surface area contributed by atoms with Crippen LogP contribution in [-0.4, -0.2) is 31.7 Å². The average Bonchev–Trinajstić information content (AvgIpc) is 2.41. The largest absolute Gasteiger partial charge is 0.375 e. The van der Waals surface area contributed by atoms with Gasteiger partial charge in [-0.05, 0) is 25.0 Å². The minimum absolute atomic E-state index is 0.00681. The first-order valence-electron chi connectivity index (χ1n) is 6.80. The SMILES string of the molecule is Cc1ccc(C)c(CNC(=O)CC2CNCCO2)c1. The number of hydrogen-bond donors (Lipinski definition) is 2. The molecule has 1 saturated heterocycles. The first kappa shape index (κ1) is 14.0. The second-order valence-electron chi connectivity index (χ2n) is 5.11. The second kappa shape index (κ2) is 6.68. The van der Waals surface area contributed by atoms with Crippen LogP contribution in [0.1, 0.15) is 23.1 Å². The minimum Gasteiger partial charge on any atom is -0.375 e. The van der Waals surface area contributed by atoms with Crippen LogP contribution in [0.5, 0.6) is 0 Å². The molecule has 4 nitrogen and oxygen atoms in total. The predicted octanol–water partition coefficient (Wildman–Crippen LogP) is 1.30. The molecule has 0 spiro atoms. The molecule has 0 radical (unpaired) electrons. The molecule has 1 fully saturated rings. The first-order chi connectivity index (χ1) is 9.15. The van der Waals surface area contributed by atoms with Crippen LogP contribution in [0.2, 0.25) is 0 Å². The third-order valence-corrected chi connectivity index (χ3v) is 3.40. The zero-order valence-electron chi connectivity index (χ0n) is 11.7. The molecule has 1 aromatic carbocycles. The van der Waals surface area contributed by atoms with Crippen LogP contribution in [0, 0.1) is 13.8 Å². The summed E-state index contributed by atoms with van der Waals surface area (Å²) in [5.41, 5.74) is 3.60. The molecule has 1 heterocycles. The van der Waals surface area contributed by atoms with Gasteiger partial charge in [-0.1, -0.05) is 23.8 Å². The summed E-state index contributed by atoms with van der Waals surface area (Å²) in [6.07, 6.45) is 0.435. The smallest absolute Gasteiger partial charge is 0.222 e. The maximum absolute atomic E-state index is 11.9. The number of aryl methyl sites for hydroxylation is 2. The summed E-state index contributed by atoms with van der Waals surface area (Å²) in [5, 5.41) is 6.19. The van der Waals surface area contributed by atoms with E-state index in [1.807, 2.05) is 0 Å². The monoisotopic (exact) mass is 262 g/mol. The highest BCUT2D eigenvalue weighted by Gasteiger charge is 2.17. The molecule has 2 N–H and O–H groups in total. The van der Waals surface area contributed by atoms with Crippen molar-refractivity contribution in [3.05, 3.63) is 34.9 Å². The van der Waals surface area contributed by atoms with E-state index in [2.05, 4.69) is 42.7 Å². The van der Waals surface area contributed by atoms with E-state index in [0.717, 1.165) is 13.1 Å². The lowest BCUT2D eigenvalue weighted by Crippen LogP contribution is -2.41. The molecule has 1 unspecified atom stereocenters. The van der Waals surface area contributed by atoms with E-state index in [1.54, 1.807) is 0 Å². The molecule has 0 saturated carbocycles. The Morgan fingerprint density at radius 3 is 3.05 bits per heavy atom. The first-order valence-corrected chi connectivity index (χ1v) is 6.80. The molecule has 19 heavy (non-hydrogen) atoms. The van der Waals surface area contributed by atoms with Crippen molar-refractivity contribution in [1.29, 1.82) is 0 Å². The van der Waals surface area contributed by atoms with E-state index in [0.29, 0.717) is 19.6 Å². The van der Waals surface area contributed by atoms with Crippen molar-refractivity contribution in [3.63, 3.8) is 0 Å². The molecule has 1 amide bonds. The Labute approximate surface area is 114 Å². The van der Waals surface area contributed by atoms with Gasteiger partial charge >= 0.3 is 0 Å². The number of hydrogen-bond acceptors (Lipinski definition) is 3. The van der Waals surface area contributed by atoms with Crippen LogP contribution in [0.3, 0.4) is 0 Å². The molecule has 1 aliphatic rings. The highest BCUT2D eigenvalue weighted by Crippen LogP contribution is 2.10. The molecular weight excluding hydrogens is 240 g/mol. The summed E-state index contributed by atoms with van der Waals surface area (Å²) in [5.74, 6) is 0.0506. The van der Waals surface area contributed by atoms with Crippen LogP contribution in [-0.2, 0) is 16.1 Å². The molecule has 0 aromatic heterocycles. The van der Waals surface area contributed by atoms with Crippen LogP contribution in [0.25, 0.3) is 0 Å². The third kappa shape index (κ3) is 4.33. The fourth-order valence-electron chi connectivity index (χ4n) is 2.21. The topological polar surface area (TPSA) is 50.4 Å². The minimum atomic E-state index is 0.00681. The van der Waals surface area contributed by atoms with Crippen molar-refractivity contribution in [2.24, 2.45) is 0 Å². The van der Waals surface area contributed by atoms with Crippen molar-refractivity contribution in [1.82, 2.24) is 10.6 Å². The Kier molecular flexibility index (Phi) is 4.93. The molecule has 1 aliphatic heterocycles. The number of rotatable bonds is 4. The van der Waals surface area contributed by atoms with Gasteiger partial charge in [0.15, 0.2) is 0 Å². The molecule has 0 aliphatic carbocycles. The maximum atomic E-state index is 11.9.